The molecule has 0 unspecified atom stereocenters. The Hall–Kier alpha value is -3.46. The Labute approximate surface area is 118 Å². The van der Waals surface area contributed by atoms with E-state index in [-0.39, 0.29) is 17.9 Å². The normalized spacial score (nSPS) is 10.4. The molecule has 3 heterocycles. The van der Waals surface area contributed by atoms with Gasteiger partial charge in [0.1, 0.15) is 18.0 Å². The number of nitriles is 2. The highest BCUT2D eigenvalue weighted by Crippen LogP contribution is 2.17. The first-order valence-electron chi connectivity index (χ1n) is 5.93. The van der Waals surface area contributed by atoms with E-state index < -0.39 is 0 Å². The van der Waals surface area contributed by atoms with Crippen LogP contribution in [0.2, 0.25) is 0 Å². The number of nitrogens with zero attached hydrogens (tertiary/aromatic N) is 8. The second kappa shape index (κ2) is 4.58. The maximum atomic E-state index is 9.09. The highest BCUT2D eigenvalue weighted by Gasteiger charge is 2.13. The predicted molar refractivity (Wildman–Crippen MR) is 71.5 cm³/mol. The third-order valence-electron chi connectivity index (χ3n) is 3.03. The van der Waals surface area contributed by atoms with Gasteiger partial charge in [0.15, 0.2) is 22.9 Å². The molecule has 0 fully saturated rings. The first-order valence-corrected chi connectivity index (χ1v) is 5.93. The number of aromatic nitrogens is 6. The summed E-state index contributed by atoms with van der Waals surface area (Å²) in [6.45, 7) is 0.197. The molecule has 0 aliphatic carbocycles. The van der Waals surface area contributed by atoms with Gasteiger partial charge in [-0.15, -0.1) is 0 Å². The lowest BCUT2D eigenvalue weighted by atomic mass is 10.3. The van der Waals surface area contributed by atoms with Crippen LogP contribution in [0.1, 0.15) is 17.2 Å². The molecule has 0 aliphatic rings. The summed E-state index contributed by atoms with van der Waals surface area (Å²) in [6.07, 6.45) is 3.00. The third-order valence-corrected chi connectivity index (χ3v) is 3.03. The molecule has 0 saturated heterocycles. The van der Waals surface area contributed by atoms with Gasteiger partial charge < -0.3 is 10.3 Å². The monoisotopic (exact) mass is 279 g/mol. The molecule has 102 valence electrons. The standard InChI is InChI=1S/C12H9N9/c1-20-12-7(4-17-20)11(15)18-10(19-12)5-21-6-16-8(2-13)9(21)3-14/h4,6H,5H2,1H3,(H2,15,18,19). The van der Waals surface area contributed by atoms with Crippen LogP contribution in [0.3, 0.4) is 0 Å². The van der Waals surface area contributed by atoms with Crippen molar-refractivity contribution in [1.29, 1.82) is 10.5 Å². The van der Waals surface area contributed by atoms with Gasteiger partial charge in [0, 0.05) is 7.05 Å². The summed E-state index contributed by atoms with van der Waals surface area (Å²) in [6, 6.07) is 3.81. The summed E-state index contributed by atoms with van der Waals surface area (Å²) in [5.41, 5.74) is 6.73. The Kier molecular flexibility index (Phi) is 2.74. The first-order chi connectivity index (χ1) is 10.1. The minimum atomic E-state index is 0.0760. The largest absolute Gasteiger partial charge is 0.383 e. The molecule has 3 aromatic heterocycles. The van der Waals surface area contributed by atoms with E-state index in [0.717, 1.165) is 0 Å². The summed E-state index contributed by atoms with van der Waals surface area (Å²) in [4.78, 5) is 12.4. The highest BCUT2D eigenvalue weighted by molar-refractivity contribution is 5.84. The predicted octanol–water partition coefficient (Wildman–Crippen LogP) is -0.0663. The molecule has 9 heteroatoms. The molecule has 0 bridgehead atoms. The number of nitrogens with two attached hydrogens (primary N) is 1. The zero-order valence-electron chi connectivity index (χ0n) is 11.0. The highest BCUT2D eigenvalue weighted by atomic mass is 15.3. The van der Waals surface area contributed by atoms with Gasteiger partial charge in [-0.25, -0.2) is 15.0 Å². The molecule has 3 aromatic rings. The molecule has 9 nitrogen and oxygen atoms in total. The maximum Gasteiger partial charge on any atom is 0.176 e. The van der Waals surface area contributed by atoms with Gasteiger partial charge in [-0.3, -0.25) is 4.68 Å². The summed E-state index contributed by atoms with van der Waals surface area (Å²) in [5, 5.41) is 22.7. The number of rotatable bonds is 2. The van der Waals surface area contributed by atoms with Crippen molar-refractivity contribution in [2.24, 2.45) is 7.05 Å². The van der Waals surface area contributed by atoms with Gasteiger partial charge in [-0.2, -0.15) is 15.6 Å². The van der Waals surface area contributed by atoms with Crippen molar-refractivity contribution in [3.63, 3.8) is 0 Å². The zero-order valence-corrected chi connectivity index (χ0v) is 11.0. The minimum Gasteiger partial charge on any atom is -0.383 e. The molecule has 0 aromatic carbocycles. The zero-order chi connectivity index (χ0) is 15.0. The van der Waals surface area contributed by atoms with E-state index in [0.29, 0.717) is 22.7 Å². The number of hydrogen-bond acceptors (Lipinski definition) is 7. The van der Waals surface area contributed by atoms with Crippen molar-refractivity contribution >= 4 is 16.9 Å². The van der Waals surface area contributed by atoms with Crippen molar-refractivity contribution in [1.82, 2.24) is 29.3 Å². The van der Waals surface area contributed by atoms with Gasteiger partial charge in [0.05, 0.1) is 24.5 Å². The summed E-state index contributed by atoms with van der Waals surface area (Å²) < 4.78 is 3.10. The van der Waals surface area contributed by atoms with Crippen LogP contribution in [0.15, 0.2) is 12.5 Å². The van der Waals surface area contributed by atoms with Crippen LogP contribution in [-0.4, -0.2) is 29.3 Å². The Morgan fingerprint density at radius 1 is 1.29 bits per heavy atom. The second-order valence-corrected chi connectivity index (χ2v) is 4.32. The lowest BCUT2D eigenvalue weighted by molar-refractivity contribution is 0.729. The summed E-state index contributed by atoms with van der Waals surface area (Å²) in [5.74, 6) is 0.740. The van der Waals surface area contributed by atoms with Gasteiger partial charge >= 0.3 is 0 Å². The molecule has 0 radical (unpaired) electrons. The van der Waals surface area contributed by atoms with Crippen molar-refractivity contribution in [2.75, 3.05) is 5.73 Å². The van der Waals surface area contributed by atoms with Crippen LogP contribution >= 0.6 is 0 Å². The molecule has 3 rings (SSSR count). The number of aryl methyl sites for hydroxylation is 1. The van der Waals surface area contributed by atoms with E-state index >= 15 is 0 Å². The molecule has 0 aliphatic heterocycles. The van der Waals surface area contributed by atoms with Crippen molar-refractivity contribution in [3.05, 3.63) is 29.7 Å². The molecular formula is C12H9N9. The Morgan fingerprint density at radius 3 is 2.81 bits per heavy atom. The first kappa shape index (κ1) is 12.6. The molecule has 0 amide bonds. The summed E-state index contributed by atoms with van der Waals surface area (Å²) in [7, 11) is 1.75. The van der Waals surface area contributed by atoms with E-state index in [9.17, 15) is 0 Å². The van der Waals surface area contributed by atoms with E-state index in [1.54, 1.807) is 17.9 Å². The number of nitrogen functional groups attached to an aromatic ring is 1. The van der Waals surface area contributed by atoms with E-state index in [1.807, 2.05) is 12.1 Å². The van der Waals surface area contributed by atoms with E-state index in [2.05, 4.69) is 20.1 Å². The fraction of sp³-hybridized carbons (Fsp3) is 0.167. The molecule has 0 saturated carbocycles. The third kappa shape index (κ3) is 1.93. The molecule has 21 heavy (non-hydrogen) atoms. The Balaban J connectivity index is 2.07. The SMILES string of the molecule is Cn1ncc2c(N)nc(Cn3cnc(C#N)c3C#N)nc21. The lowest BCUT2D eigenvalue weighted by Crippen LogP contribution is -2.08. The van der Waals surface area contributed by atoms with Crippen LogP contribution in [0.4, 0.5) is 5.82 Å². The summed E-state index contributed by atoms with van der Waals surface area (Å²) >= 11 is 0. The maximum absolute atomic E-state index is 9.09. The number of fused-ring (bicyclic) bond motifs is 1. The average molecular weight is 279 g/mol. The number of anilines is 1. The quantitative estimate of drug-likeness (QED) is 0.693. The van der Waals surface area contributed by atoms with E-state index in [1.165, 1.54) is 10.9 Å². The second-order valence-electron chi connectivity index (χ2n) is 4.32. The molecule has 0 spiro atoms. The molecular weight excluding hydrogens is 270 g/mol. The van der Waals surface area contributed by atoms with Gasteiger partial charge in [0.2, 0.25) is 0 Å². The van der Waals surface area contributed by atoms with Crippen molar-refractivity contribution < 1.29 is 0 Å². The number of imidazole rings is 1. The van der Waals surface area contributed by atoms with Crippen LogP contribution < -0.4 is 5.73 Å². The van der Waals surface area contributed by atoms with Crippen LogP contribution in [-0.2, 0) is 13.6 Å². The lowest BCUT2D eigenvalue weighted by Gasteiger charge is -2.05. The molecule has 0 atom stereocenters. The topological polar surface area (TPSA) is 135 Å². The van der Waals surface area contributed by atoms with Gasteiger partial charge in [-0.05, 0) is 0 Å². The molecule has 2 N–H and O–H groups in total. The van der Waals surface area contributed by atoms with Crippen LogP contribution in [0.5, 0.6) is 0 Å². The Morgan fingerprint density at radius 2 is 2.10 bits per heavy atom. The van der Waals surface area contributed by atoms with E-state index in [4.69, 9.17) is 16.3 Å². The van der Waals surface area contributed by atoms with Crippen LogP contribution in [0, 0.1) is 22.7 Å². The van der Waals surface area contributed by atoms with Crippen molar-refractivity contribution in [2.45, 2.75) is 6.54 Å². The number of hydrogen-bond donors (Lipinski definition) is 1. The smallest absolute Gasteiger partial charge is 0.176 e. The van der Waals surface area contributed by atoms with Crippen LogP contribution in [0.25, 0.3) is 11.0 Å². The minimum absolute atomic E-state index is 0.0760. The van der Waals surface area contributed by atoms with Gasteiger partial charge in [-0.1, -0.05) is 0 Å². The van der Waals surface area contributed by atoms with Gasteiger partial charge in [0.25, 0.3) is 0 Å². The fourth-order valence-electron chi connectivity index (χ4n) is 2.02. The van der Waals surface area contributed by atoms with Crippen molar-refractivity contribution in [3.8, 4) is 12.1 Å². The average Bonchev–Trinajstić information content (AvgIpc) is 3.03. The Bertz CT molecular complexity index is 919. The fourth-order valence-corrected chi connectivity index (χ4v) is 2.02.